The van der Waals surface area contributed by atoms with Crippen molar-refractivity contribution < 1.29 is 14.3 Å². The quantitative estimate of drug-likeness (QED) is 0.494. The Morgan fingerprint density at radius 3 is 2.92 bits per heavy atom. The van der Waals surface area contributed by atoms with Crippen LogP contribution in [0.15, 0.2) is 0 Å². The van der Waals surface area contributed by atoms with E-state index in [1.54, 1.807) is 11.9 Å². The van der Waals surface area contributed by atoms with Crippen LogP contribution in [0, 0.1) is 0 Å². The van der Waals surface area contributed by atoms with Crippen molar-refractivity contribution >= 4 is 11.9 Å². The van der Waals surface area contributed by atoms with Gasteiger partial charge in [0.15, 0.2) is 0 Å². The fourth-order valence-electron chi connectivity index (χ4n) is 1.18. The maximum atomic E-state index is 11.0. The van der Waals surface area contributed by atoms with Gasteiger partial charge in [-0.05, 0) is 7.05 Å². The molecular formula is C7H12N2O3. The Kier molecular flexibility index (Phi) is 2.65. The first-order valence-corrected chi connectivity index (χ1v) is 3.69. The topological polar surface area (TPSA) is 58.6 Å². The van der Waals surface area contributed by atoms with Gasteiger partial charge in [-0.25, -0.2) is 4.79 Å². The third-order valence-electron chi connectivity index (χ3n) is 1.73. The van der Waals surface area contributed by atoms with E-state index < -0.39 is 12.0 Å². The first kappa shape index (κ1) is 8.99. The zero-order valence-corrected chi connectivity index (χ0v) is 7.16. The summed E-state index contributed by atoms with van der Waals surface area (Å²) in [4.78, 5) is 23.7. The van der Waals surface area contributed by atoms with Crippen LogP contribution in [-0.4, -0.2) is 50.1 Å². The van der Waals surface area contributed by atoms with E-state index in [1.807, 2.05) is 0 Å². The van der Waals surface area contributed by atoms with Crippen molar-refractivity contribution in [3.8, 4) is 0 Å². The van der Waals surface area contributed by atoms with Crippen LogP contribution < -0.4 is 5.32 Å². The second-order valence-electron chi connectivity index (χ2n) is 2.84. The molecule has 12 heavy (non-hydrogen) atoms. The maximum absolute atomic E-state index is 11.0. The van der Waals surface area contributed by atoms with Crippen LogP contribution in [0.2, 0.25) is 0 Å². The van der Waals surface area contributed by atoms with E-state index in [0.29, 0.717) is 13.1 Å². The number of piperazine rings is 1. The number of hydrogen-bond acceptors (Lipinski definition) is 4. The summed E-state index contributed by atoms with van der Waals surface area (Å²) in [6.45, 7) is 0.853. The smallest absolute Gasteiger partial charge is 0.329 e. The number of carbonyl (C=O) groups is 2. The highest BCUT2D eigenvalue weighted by atomic mass is 16.5. The molecule has 1 aliphatic heterocycles. The van der Waals surface area contributed by atoms with Crippen LogP contribution in [0.1, 0.15) is 0 Å². The molecule has 0 bridgehead atoms. The maximum Gasteiger partial charge on any atom is 0.329 e. The van der Waals surface area contributed by atoms with E-state index in [9.17, 15) is 9.59 Å². The Balaban J connectivity index is 2.55. The molecule has 0 aliphatic carbocycles. The van der Waals surface area contributed by atoms with Gasteiger partial charge in [-0.15, -0.1) is 0 Å². The summed E-state index contributed by atoms with van der Waals surface area (Å²) in [5, 5.41) is 2.54. The van der Waals surface area contributed by atoms with Crippen molar-refractivity contribution in [2.45, 2.75) is 6.04 Å². The molecule has 5 nitrogen and oxygen atoms in total. The number of likely N-dealkylation sites (N-methyl/N-ethyl adjacent to an activating group) is 1. The van der Waals surface area contributed by atoms with Gasteiger partial charge < -0.3 is 10.1 Å². The van der Waals surface area contributed by atoms with E-state index in [0.717, 1.165) is 0 Å². The van der Waals surface area contributed by atoms with Crippen LogP contribution in [0.25, 0.3) is 0 Å². The van der Waals surface area contributed by atoms with Crippen molar-refractivity contribution in [2.75, 3.05) is 27.2 Å². The molecule has 0 radical (unpaired) electrons. The van der Waals surface area contributed by atoms with E-state index in [4.69, 9.17) is 0 Å². The first-order chi connectivity index (χ1) is 5.63. The molecule has 1 amide bonds. The molecule has 1 saturated heterocycles. The number of methoxy groups -OCH3 is 1. The number of amides is 1. The first-order valence-electron chi connectivity index (χ1n) is 3.69. The molecule has 1 unspecified atom stereocenters. The Morgan fingerprint density at radius 2 is 2.42 bits per heavy atom. The number of nitrogens with one attached hydrogen (secondary N) is 1. The van der Waals surface area contributed by atoms with Crippen molar-refractivity contribution in [3.63, 3.8) is 0 Å². The number of carbonyl (C=O) groups excluding carboxylic acids is 2. The molecule has 0 spiro atoms. The average Bonchev–Trinajstić information content (AvgIpc) is 2.01. The molecule has 1 rings (SSSR count). The SMILES string of the molecule is COC(=O)C1CN(C)CC(=O)N1. The van der Waals surface area contributed by atoms with Gasteiger partial charge >= 0.3 is 5.97 Å². The molecule has 1 N–H and O–H groups in total. The monoisotopic (exact) mass is 172 g/mol. The Hall–Kier alpha value is -1.10. The Morgan fingerprint density at radius 1 is 1.75 bits per heavy atom. The van der Waals surface area contributed by atoms with Crippen molar-refractivity contribution in [1.82, 2.24) is 10.2 Å². The summed E-state index contributed by atoms with van der Waals surface area (Å²) < 4.78 is 4.51. The second-order valence-corrected chi connectivity index (χ2v) is 2.84. The fourth-order valence-corrected chi connectivity index (χ4v) is 1.18. The highest BCUT2D eigenvalue weighted by Crippen LogP contribution is 1.98. The Bertz CT molecular complexity index is 205. The molecule has 1 aliphatic rings. The molecule has 68 valence electrons. The summed E-state index contributed by atoms with van der Waals surface area (Å²) in [5.41, 5.74) is 0. The minimum atomic E-state index is -0.513. The normalized spacial score (nSPS) is 24.8. The number of nitrogens with zero attached hydrogens (tertiary/aromatic N) is 1. The zero-order valence-electron chi connectivity index (χ0n) is 7.16. The van der Waals surface area contributed by atoms with E-state index in [2.05, 4.69) is 10.1 Å². The number of rotatable bonds is 1. The molecule has 0 aromatic rings. The second kappa shape index (κ2) is 3.53. The van der Waals surface area contributed by atoms with E-state index >= 15 is 0 Å². The van der Waals surface area contributed by atoms with Gasteiger partial charge in [0.25, 0.3) is 0 Å². The lowest BCUT2D eigenvalue weighted by molar-refractivity contribution is -0.147. The van der Waals surface area contributed by atoms with Crippen molar-refractivity contribution in [2.24, 2.45) is 0 Å². The molecule has 0 saturated carbocycles. The predicted molar refractivity (Wildman–Crippen MR) is 41.4 cm³/mol. The predicted octanol–water partition coefficient (Wildman–Crippen LogP) is -1.41. The molecule has 0 aromatic carbocycles. The van der Waals surface area contributed by atoms with Crippen molar-refractivity contribution in [3.05, 3.63) is 0 Å². The molecule has 5 heteroatoms. The number of hydrogen-bond donors (Lipinski definition) is 1. The molecule has 1 heterocycles. The van der Waals surface area contributed by atoms with Crippen LogP contribution >= 0.6 is 0 Å². The van der Waals surface area contributed by atoms with Gasteiger partial charge in [0.1, 0.15) is 6.04 Å². The summed E-state index contributed by atoms with van der Waals surface area (Å²) in [7, 11) is 3.10. The fraction of sp³-hybridized carbons (Fsp3) is 0.714. The van der Waals surface area contributed by atoms with E-state index in [1.165, 1.54) is 7.11 Å². The third-order valence-corrected chi connectivity index (χ3v) is 1.73. The van der Waals surface area contributed by atoms with Gasteiger partial charge in [0.05, 0.1) is 13.7 Å². The molecule has 1 atom stereocenters. The third kappa shape index (κ3) is 1.94. The van der Waals surface area contributed by atoms with Gasteiger partial charge in [-0.2, -0.15) is 0 Å². The minimum Gasteiger partial charge on any atom is -0.467 e. The van der Waals surface area contributed by atoms with Gasteiger partial charge in [-0.1, -0.05) is 0 Å². The van der Waals surface area contributed by atoms with Crippen LogP contribution in [-0.2, 0) is 14.3 Å². The standard InChI is InChI=1S/C7H12N2O3/c1-9-3-5(7(11)12-2)8-6(10)4-9/h5H,3-4H2,1-2H3,(H,8,10). The lowest BCUT2D eigenvalue weighted by Gasteiger charge is -2.28. The molecular weight excluding hydrogens is 160 g/mol. The Labute approximate surface area is 70.7 Å². The molecule has 1 fully saturated rings. The largest absolute Gasteiger partial charge is 0.467 e. The number of ether oxygens (including phenoxy) is 1. The highest BCUT2D eigenvalue weighted by Gasteiger charge is 2.27. The summed E-state index contributed by atoms with van der Waals surface area (Å²) in [6, 6.07) is -0.513. The summed E-state index contributed by atoms with van der Waals surface area (Å²) in [5.74, 6) is -0.533. The van der Waals surface area contributed by atoms with Crippen molar-refractivity contribution in [1.29, 1.82) is 0 Å². The van der Waals surface area contributed by atoms with Crippen LogP contribution in [0.3, 0.4) is 0 Å². The zero-order chi connectivity index (χ0) is 9.14. The van der Waals surface area contributed by atoms with Gasteiger partial charge in [-0.3, -0.25) is 9.69 Å². The van der Waals surface area contributed by atoms with Gasteiger partial charge in [0.2, 0.25) is 5.91 Å². The molecule has 0 aromatic heterocycles. The van der Waals surface area contributed by atoms with Crippen LogP contribution in [0.5, 0.6) is 0 Å². The number of esters is 1. The van der Waals surface area contributed by atoms with E-state index in [-0.39, 0.29) is 5.91 Å². The lowest BCUT2D eigenvalue weighted by Crippen LogP contribution is -2.56. The lowest BCUT2D eigenvalue weighted by atomic mass is 10.2. The summed E-state index contributed by atoms with van der Waals surface area (Å²) in [6.07, 6.45) is 0. The summed E-state index contributed by atoms with van der Waals surface area (Å²) >= 11 is 0. The minimum absolute atomic E-state index is 0.140. The average molecular weight is 172 g/mol. The van der Waals surface area contributed by atoms with Crippen LogP contribution in [0.4, 0.5) is 0 Å². The van der Waals surface area contributed by atoms with Gasteiger partial charge in [0, 0.05) is 6.54 Å². The highest BCUT2D eigenvalue weighted by molar-refractivity contribution is 5.86.